The van der Waals surface area contributed by atoms with Crippen LogP contribution in [0, 0.1) is 11.3 Å². The number of amides is 2. The Morgan fingerprint density at radius 1 is 1.18 bits per heavy atom. The second kappa shape index (κ2) is 8.78. The number of hydrogen-bond acceptors (Lipinski definition) is 4. The molecule has 0 fully saturated rings. The van der Waals surface area contributed by atoms with Gasteiger partial charge in [0, 0.05) is 20.6 Å². The number of hydrogen-bond donors (Lipinski definition) is 2. The van der Waals surface area contributed by atoms with Gasteiger partial charge in [0.2, 0.25) is 0 Å². The van der Waals surface area contributed by atoms with E-state index in [2.05, 4.69) is 47.3 Å². The summed E-state index contributed by atoms with van der Waals surface area (Å²) in [6.07, 6.45) is 2.80. The van der Waals surface area contributed by atoms with Crippen molar-refractivity contribution in [2.75, 3.05) is 10.6 Å². The molecule has 0 spiro atoms. The van der Waals surface area contributed by atoms with Gasteiger partial charge in [-0.3, -0.25) is 9.59 Å². The van der Waals surface area contributed by atoms with Gasteiger partial charge in [-0.2, -0.15) is 0 Å². The van der Waals surface area contributed by atoms with E-state index in [1.807, 2.05) is 48.5 Å². The Balaban J connectivity index is 1.60. The number of carbonyl (C=O) groups is 2. The molecule has 7 heteroatoms. The van der Waals surface area contributed by atoms with Gasteiger partial charge in [-0.05, 0) is 66.5 Å². The summed E-state index contributed by atoms with van der Waals surface area (Å²) in [6, 6.07) is 15.1. The van der Waals surface area contributed by atoms with Gasteiger partial charge in [-0.25, -0.2) is 4.99 Å². The summed E-state index contributed by atoms with van der Waals surface area (Å²) in [5.41, 5.74) is 4.42. The fourth-order valence-corrected chi connectivity index (χ4v) is 6.34. The quantitative estimate of drug-likeness (QED) is 0.379. The number of benzene rings is 2. The van der Waals surface area contributed by atoms with Gasteiger partial charge in [-0.15, -0.1) is 11.3 Å². The molecule has 2 amide bonds. The monoisotopic (exact) mass is 535 g/mol. The second-order valence-electron chi connectivity index (χ2n) is 9.91. The first-order chi connectivity index (χ1) is 16.2. The van der Waals surface area contributed by atoms with E-state index < -0.39 is 0 Å². The summed E-state index contributed by atoms with van der Waals surface area (Å²) < 4.78 is 0.871. The molecule has 1 aliphatic heterocycles. The number of rotatable bonds is 3. The standard InChI is InChI=1S/C27H26BrN3O2S/c1-27(2,3)15-9-11-18-21(13-15)34-26(22(18)24(32)29-17-7-5-4-6-8-17)31-23-19-14-16(28)10-12-20(19)30-25(23)33/h4-8,10,12,14-15H,9,11,13H2,1-3H3,(H,29,32)(H,30,31,33)/t15-/m0/s1. The van der Waals surface area contributed by atoms with Crippen LogP contribution in [-0.4, -0.2) is 17.5 Å². The van der Waals surface area contributed by atoms with Crippen molar-refractivity contribution < 1.29 is 9.59 Å². The van der Waals surface area contributed by atoms with Gasteiger partial charge in [0.1, 0.15) is 10.7 Å². The topological polar surface area (TPSA) is 70.6 Å². The third-order valence-corrected chi connectivity index (χ3v) is 8.29. The van der Waals surface area contributed by atoms with Crippen molar-refractivity contribution in [1.29, 1.82) is 0 Å². The number of carbonyl (C=O) groups excluding carboxylic acids is 2. The van der Waals surface area contributed by atoms with Gasteiger partial charge >= 0.3 is 0 Å². The fourth-order valence-electron chi connectivity index (χ4n) is 4.68. The number of aliphatic imine (C=N–C) groups is 1. The maximum Gasteiger partial charge on any atom is 0.275 e. The van der Waals surface area contributed by atoms with Crippen molar-refractivity contribution in [2.45, 2.75) is 40.0 Å². The average Bonchev–Trinajstić information content (AvgIpc) is 3.30. The molecule has 2 aromatic carbocycles. The van der Waals surface area contributed by atoms with Crippen LogP contribution in [0.3, 0.4) is 0 Å². The number of para-hydroxylation sites is 1. The third-order valence-electron chi connectivity index (χ3n) is 6.64. The number of nitrogens with one attached hydrogen (secondary N) is 2. The van der Waals surface area contributed by atoms with Gasteiger partial charge in [-0.1, -0.05) is 54.9 Å². The molecule has 0 unspecified atom stereocenters. The van der Waals surface area contributed by atoms with Crippen LogP contribution in [0.15, 0.2) is 58.0 Å². The Morgan fingerprint density at radius 2 is 1.94 bits per heavy atom. The molecule has 2 heterocycles. The van der Waals surface area contributed by atoms with E-state index >= 15 is 0 Å². The number of halogens is 1. The lowest BCUT2D eigenvalue weighted by molar-refractivity contribution is -0.110. The first-order valence-electron chi connectivity index (χ1n) is 11.4. The normalized spacial score (nSPS) is 18.4. The molecule has 0 radical (unpaired) electrons. The molecule has 34 heavy (non-hydrogen) atoms. The van der Waals surface area contributed by atoms with Crippen molar-refractivity contribution >= 4 is 61.2 Å². The van der Waals surface area contributed by atoms with Crippen LogP contribution in [0.1, 0.15) is 53.6 Å². The van der Waals surface area contributed by atoms with Crippen molar-refractivity contribution in [3.8, 4) is 0 Å². The molecular weight excluding hydrogens is 510 g/mol. The molecule has 1 atom stereocenters. The van der Waals surface area contributed by atoms with E-state index in [0.717, 1.165) is 46.2 Å². The Hall–Kier alpha value is -2.77. The zero-order valence-electron chi connectivity index (χ0n) is 19.4. The van der Waals surface area contributed by atoms with E-state index in [1.54, 1.807) is 11.3 Å². The maximum atomic E-state index is 13.5. The summed E-state index contributed by atoms with van der Waals surface area (Å²) in [7, 11) is 0. The Morgan fingerprint density at radius 3 is 2.68 bits per heavy atom. The summed E-state index contributed by atoms with van der Waals surface area (Å²) in [5.74, 6) is 0.113. The highest BCUT2D eigenvalue weighted by Crippen LogP contribution is 2.46. The lowest BCUT2D eigenvalue weighted by Crippen LogP contribution is -2.27. The second-order valence-corrected chi connectivity index (χ2v) is 11.9. The van der Waals surface area contributed by atoms with E-state index in [-0.39, 0.29) is 17.2 Å². The molecule has 2 N–H and O–H groups in total. The molecule has 5 rings (SSSR count). The predicted molar refractivity (Wildman–Crippen MR) is 143 cm³/mol. The highest BCUT2D eigenvalue weighted by atomic mass is 79.9. The van der Waals surface area contributed by atoms with Crippen LogP contribution in [0.5, 0.6) is 0 Å². The summed E-state index contributed by atoms with van der Waals surface area (Å²) in [4.78, 5) is 32.3. The van der Waals surface area contributed by atoms with E-state index in [1.165, 1.54) is 4.88 Å². The number of fused-ring (bicyclic) bond motifs is 2. The summed E-state index contributed by atoms with van der Waals surface area (Å²) in [6.45, 7) is 6.83. The minimum atomic E-state index is -0.249. The first kappa shape index (κ1) is 23.0. The van der Waals surface area contributed by atoms with Crippen LogP contribution < -0.4 is 10.6 Å². The minimum Gasteiger partial charge on any atom is -0.322 e. The molecular formula is C27H26BrN3O2S. The Labute approximate surface area is 211 Å². The summed E-state index contributed by atoms with van der Waals surface area (Å²) >= 11 is 5.04. The molecule has 5 nitrogen and oxygen atoms in total. The lowest BCUT2D eigenvalue weighted by atomic mass is 9.72. The highest BCUT2D eigenvalue weighted by Gasteiger charge is 2.35. The zero-order valence-corrected chi connectivity index (χ0v) is 21.8. The van der Waals surface area contributed by atoms with Crippen LogP contribution in [0.25, 0.3) is 0 Å². The Bertz CT molecular complexity index is 1320. The Kier molecular flexibility index (Phi) is 5.94. The SMILES string of the molecule is CC(C)(C)[C@H]1CCc2c(sc(N=C3C(=O)Nc4ccc(Br)cc43)c2C(=O)Nc2ccccc2)C1. The largest absolute Gasteiger partial charge is 0.322 e. The molecule has 1 aromatic heterocycles. The molecule has 0 bridgehead atoms. The van der Waals surface area contributed by atoms with Crippen LogP contribution >= 0.6 is 27.3 Å². The zero-order chi connectivity index (χ0) is 24.0. The molecule has 3 aromatic rings. The van der Waals surface area contributed by atoms with E-state index in [0.29, 0.717) is 22.2 Å². The van der Waals surface area contributed by atoms with Crippen LogP contribution in [0.4, 0.5) is 16.4 Å². The van der Waals surface area contributed by atoms with E-state index in [9.17, 15) is 9.59 Å². The van der Waals surface area contributed by atoms with Crippen LogP contribution in [-0.2, 0) is 17.6 Å². The predicted octanol–water partition coefficient (Wildman–Crippen LogP) is 6.99. The fraction of sp³-hybridized carbons (Fsp3) is 0.296. The molecule has 174 valence electrons. The van der Waals surface area contributed by atoms with Crippen molar-refractivity contribution in [3.05, 3.63) is 74.6 Å². The van der Waals surface area contributed by atoms with Crippen molar-refractivity contribution in [2.24, 2.45) is 16.3 Å². The summed E-state index contributed by atoms with van der Waals surface area (Å²) in [5, 5.41) is 6.52. The van der Waals surface area contributed by atoms with Gasteiger partial charge in [0.05, 0.1) is 11.3 Å². The number of thiophene rings is 1. The first-order valence-corrected chi connectivity index (χ1v) is 13.0. The molecule has 0 saturated carbocycles. The number of nitrogens with zero attached hydrogens (tertiary/aromatic N) is 1. The van der Waals surface area contributed by atoms with Gasteiger partial charge in [0.25, 0.3) is 11.8 Å². The van der Waals surface area contributed by atoms with Crippen molar-refractivity contribution in [3.63, 3.8) is 0 Å². The minimum absolute atomic E-state index is 0.176. The van der Waals surface area contributed by atoms with E-state index in [4.69, 9.17) is 4.99 Å². The molecule has 0 saturated heterocycles. The highest BCUT2D eigenvalue weighted by molar-refractivity contribution is 9.10. The van der Waals surface area contributed by atoms with Gasteiger partial charge in [0.15, 0.2) is 0 Å². The van der Waals surface area contributed by atoms with Crippen molar-refractivity contribution in [1.82, 2.24) is 0 Å². The molecule has 1 aliphatic carbocycles. The smallest absolute Gasteiger partial charge is 0.275 e. The lowest BCUT2D eigenvalue weighted by Gasteiger charge is -2.33. The number of anilines is 2. The third kappa shape index (κ3) is 4.34. The van der Waals surface area contributed by atoms with Crippen LogP contribution in [0.2, 0.25) is 0 Å². The maximum absolute atomic E-state index is 13.5. The average molecular weight is 536 g/mol. The van der Waals surface area contributed by atoms with Gasteiger partial charge < -0.3 is 10.6 Å². The molecule has 2 aliphatic rings.